The predicted molar refractivity (Wildman–Crippen MR) is 135 cm³/mol. The van der Waals surface area contributed by atoms with Gasteiger partial charge in [-0.1, -0.05) is 11.6 Å². The summed E-state index contributed by atoms with van der Waals surface area (Å²) < 4.78 is 5.28. The van der Waals surface area contributed by atoms with Gasteiger partial charge in [0.2, 0.25) is 11.9 Å². The van der Waals surface area contributed by atoms with Gasteiger partial charge in [0.05, 0.1) is 11.0 Å². The number of anilines is 2. The van der Waals surface area contributed by atoms with Gasteiger partial charge in [0.25, 0.3) is 5.89 Å². The van der Waals surface area contributed by atoms with Gasteiger partial charge in [-0.3, -0.25) is 9.69 Å². The van der Waals surface area contributed by atoms with Crippen molar-refractivity contribution in [2.24, 2.45) is 5.92 Å². The molecule has 0 unspecified atom stereocenters. The second-order valence-corrected chi connectivity index (χ2v) is 9.88. The number of H-pyrrole nitrogens is 1. The first kappa shape index (κ1) is 22.7. The Hall–Kier alpha value is -3.79. The van der Waals surface area contributed by atoms with Crippen molar-refractivity contribution in [1.29, 1.82) is 0 Å². The van der Waals surface area contributed by atoms with Crippen LogP contribution in [0.25, 0.3) is 22.5 Å². The highest BCUT2D eigenvalue weighted by Gasteiger charge is 2.34. The Balaban J connectivity index is 1.10. The number of pyridine rings is 1. The molecule has 1 saturated heterocycles. The fourth-order valence-electron chi connectivity index (χ4n) is 5.03. The van der Waals surface area contributed by atoms with Crippen LogP contribution in [0.15, 0.2) is 41.1 Å². The summed E-state index contributed by atoms with van der Waals surface area (Å²) in [5.41, 5.74) is 3.70. The number of piperazine rings is 1. The number of benzene rings is 1. The first-order chi connectivity index (χ1) is 17.5. The number of hydrogen-bond acceptors (Lipinski definition) is 8. The summed E-state index contributed by atoms with van der Waals surface area (Å²) in [4.78, 5) is 33.9. The van der Waals surface area contributed by atoms with Gasteiger partial charge in [-0.25, -0.2) is 9.97 Å². The van der Waals surface area contributed by atoms with Gasteiger partial charge in [-0.05, 0) is 62.6 Å². The number of aryl methyl sites for hydroxylation is 1. The van der Waals surface area contributed by atoms with Crippen molar-refractivity contribution in [2.45, 2.75) is 45.7 Å². The SMILES string of the molecule is Cc1noc(-c2ccc3nc(Nc4cc(CN5CCN(C(=O)C6CCC6)[C@H](C)C5)ccn4)[nH]c3c2)n1. The Kier molecular flexibility index (Phi) is 5.88. The molecule has 1 saturated carbocycles. The lowest BCUT2D eigenvalue weighted by Gasteiger charge is -2.42. The number of carbonyl (C=O) groups excluding carboxylic acids is 1. The quantitative estimate of drug-likeness (QED) is 0.422. The number of amides is 1. The van der Waals surface area contributed by atoms with E-state index in [4.69, 9.17) is 4.52 Å². The zero-order chi connectivity index (χ0) is 24.6. The number of carbonyl (C=O) groups is 1. The largest absolute Gasteiger partial charge is 0.337 e. The molecule has 3 aromatic heterocycles. The average molecular weight is 487 g/mol. The van der Waals surface area contributed by atoms with Gasteiger partial charge in [0, 0.05) is 49.9 Å². The molecule has 2 N–H and O–H groups in total. The van der Waals surface area contributed by atoms with E-state index in [9.17, 15) is 4.79 Å². The second-order valence-electron chi connectivity index (χ2n) is 9.88. The Morgan fingerprint density at radius 1 is 1.19 bits per heavy atom. The lowest BCUT2D eigenvalue weighted by molar-refractivity contribution is -0.142. The number of aromatic nitrogens is 5. The normalized spacial score (nSPS) is 18.9. The fourth-order valence-corrected chi connectivity index (χ4v) is 5.03. The molecular weight excluding hydrogens is 456 g/mol. The molecule has 1 aromatic carbocycles. The molecule has 2 aliphatic rings. The molecule has 0 spiro atoms. The van der Waals surface area contributed by atoms with E-state index in [1.54, 1.807) is 6.92 Å². The number of hydrogen-bond donors (Lipinski definition) is 2. The minimum absolute atomic E-state index is 0.239. The van der Waals surface area contributed by atoms with Crippen LogP contribution < -0.4 is 5.32 Å². The molecule has 1 atom stereocenters. The highest BCUT2D eigenvalue weighted by molar-refractivity contribution is 5.82. The number of imidazole rings is 1. The third-order valence-electron chi connectivity index (χ3n) is 7.18. The highest BCUT2D eigenvalue weighted by atomic mass is 16.5. The van der Waals surface area contributed by atoms with E-state index in [0.717, 1.165) is 61.4 Å². The summed E-state index contributed by atoms with van der Waals surface area (Å²) in [6.07, 6.45) is 5.13. The number of rotatable bonds is 6. The highest BCUT2D eigenvalue weighted by Crippen LogP contribution is 2.30. The van der Waals surface area contributed by atoms with Crippen LogP contribution in [0.3, 0.4) is 0 Å². The van der Waals surface area contributed by atoms with Crippen molar-refractivity contribution in [3.05, 3.63) is 47.9 Å². The van der Waals surface area contributed by atoms with E-state index in [0.29, 0.717) is 23.6 Å². The molecule has 4 heterocycles. The third kappa shape index (κ3) is 4.56. The molecular formula is C26H30N8O2. The zero-order valence-electron chi connectivity index (χ0n) is 20.6. The van der Waals surface area contributed by atoms with Crippen LogP contribution in [0.2, 0.25) is 0 Å². The molecule has 4 aromatic rings. The lowest BCUT2D eigenvalue weighted by Crippen LogP contribution is -2.55. The molecule has 6 rings (SSSR count). The number of nitrogens with one attached hydrogen (secondary N) is 2. The van der Waals surface area contributed by atoms with Crippen LogP contribution in [0.5, 0.6) is 0 Å². The van der Waals surface area contributed by atoms with Crippen LogP contribution in [-0.2, 0) is 11.3 Å². The summed E-state index contributed by atoms with van der Waals surface area (Å²) in [6, 6.07) is 10.1. The molecule has 1 amide bonds. The first-order valence-electron chi connectivity index (χ1n) is 12.6. The van der Waals surface area contributed by atoms with Crippen molar-refractivity contribution in [1.82, 2.24) is 34.9 Å². The summed E-state index contributed by atoms with van der Waals surface area (Å²) in [7, 11) is 0. The minimum Gasteiger partial charge on any atom is -0.337 e. The van der Waals surface area contributed by atoms with Crippen molar-refractivity contribution in [3.8, 4) is 11.5 Å². The average Bonchev–Trinajstić information content (AvgIpc) is 3.43. The van der Waals surface area contributed by atoms with E-state index in [2.05, 4.69) is 53.2 Å². The van der Waals surface area contributed by atoms with Crippen LogP contribution in [-0.4, -0.2) is 66.5 Å². The van der Waals surface area contributed by atoms with Gasteiger partial charge < -0.3 is 19.7 Å². The first-order valence-corrected chi connectivity index (χ1v) is 12.6. The maximum atomic E-state index is 12.7. The van der Waals surface area contributed by atoms with E-state index >= 15 is 0 Å². The topological polar surface area (TPSA) is 116 Å². The zero-order valence-corrected chi connectivity index (χ0v) is 20.6. The molecule has 2 fully saturated rings. The maximum absolute atomic E-state index is 12.7. The molecule has 10 nitrogen and oxygen atoms in total. The Morgan fingerprint density at radius 2 is 2.08 bits per heavy atom. The van der Waals surface area contributed by atoms with Crippen molar-refractivity contribution in [2.75, 3.05) is 25.0 Å². The molecule has 36 heavy (non-hydrogen) atoms. The third-order valence-corrected chi connectivity index (χ3v) is 7.18. The second kappa shape index (κ2) is 9.34. The van der Waals surface area contributed by atoms with Gasteiger partial charge in [0.15, 0.2) is 5.82 Å². The molecule has 1 aliphatic heterocycles. The van der Waals surface area contributed by atoms with Gasteiger partial charge in [0.1, 0.15) is 5.82 Å². The standard InChI is InChI=1S/C26H30N8O2/c1-16-14-33(10-11-34(16)25(35)19-4-3-5-19)15-18-8-9-27-23(12-18)31-26-29-21-7-6-20(13-22(21)30-26)24-28-17(2)32-36-24/h6-9,12-13,16,19H,3-5,10-11,14-15H2,1-2H3,(H2,27,29,30,31)/t16-/m1/s1. The summed E-state index contributed by atoms with van der Waals surface area (Å²) >= 11 is 0. The van der Waals surface area contributed by atoms with E-state index in [1.807, 2.05) is 30.5 Å². The van der Waals surface area contributed by atoms with Crippen molar-refractivity contribution < 1.29 is 9.32 Å². The summed E-state index contributed by atoms with van der Waals surface area (Å²) in [5.74, 6) is 3.04. The van der Waals surface area contributed by atoms with E-state index < -0.39 is 0 Å². The molecule has 10 heteroatoms. The van der Waals surface area contributed by atoms with Gasteiger partial charge in [-0.15, -0.1) is 0 Å². The Morgan fingerprint density at radius 3 is 2.83 bits per heavy atom. The number of nitrogens with zero attached hydrogens (tertiary/aromatic N) is 6. The van der Waals surface area contributed by atoms with Crippen molar-refractivity contribution in [3.63, 3.8) is 0 Å². The van der Waals surface area contributed by atoms with Crippen LogP contribution >= 0.6 is 0 Å². The summed E-state index contributed by atoms with van der Waals surface area (Å²) in [5, 5.41) is 7.15. The van der Waals surface area contributed by atoms with E-state index in [1.165, 1.54) is 12.0 Å². The van der Waals surface area contributed by atoms with Crippen LogP contribution in [0, 0.1) is 12.8 Å². The van der Waals surface area contributed by atoms with E-state index in [-0.39, 0.29) is 12.0 Å². The van der Waals surface area contributed by atoms with Crippen LogP contribution in [0.4, 0.5) is 11.8 Å². The monoisotopic (exact) mass is 486 g/mol. The lowest BCUT2D eigenvalue weighted by atomic mass is 9.84. The molecule has 186 valence electrons. The van der Waals surface area contributed by atoms with Crippen LogP contribution in [0.1, 0.15) is 37.6 Å². The Bertz CT molecular complexity index is 1390. The number of aromatic amines is 1. The maximum Gasteiger partial charge on any atom is 0.257 e. The number of fused-ring (bicyclic) bond motifs is 1. The molecule has 1 aliphatic carbocycles. The van der Waals surface area contributed by atoms with Crippen molar-refractivity contribution >= 4 is 28.7 Å². The fraction of sp³-hybridized carbons (Fsp3) is 0.423. The minimum atomic E-state index is 0.239. The Labute approximate surface area is 209 Å². The summed E-state index contributed by atoms with van der Waals surface area (Å²) in [6.45, 7) is 7.35. The van der Waals surface area contributed by atoms with Gasteiger partial charge in [-0.2, -0.15) is 4.98 Å². The van der Waals surface area contributed by atoms with Gasteiger partial charge >= 0.3 is 0 Å². The predicted octanol–water partition coefficient (Wildman–Crippen LogP) is 3.89. The molecule has 0 bridgehead atoms. The smallest absolute Gasteiger partial charge is 0.257 e. The molecule has 0 radical (unpaired) electrons.